The molecule has 0 bridgehead atoms. The smallest absolute Gasteiger partial charge is 0.147 e. The van der Waals surface area contributed by atoms with Crippen molar-refractivity contribution in [2.45, 2.75) is 39.2 Å². The molecule has 0 unspecified atom stereocenters. The average Bonchev–Trinajstić information content (AvgIpc) is 3.19. The molecule has 0 spiro atoms. The summed E-state index contributed by atoms with van der Waals surface area (Å²) in [7, 11) is 0. The van der Waals surface area contributed by atoms with Crippen molar-refractivity contribution in [1.29, 1.82) is 0 Å². The van der Waals surface area contributed by atoms with E-state index in [0.29, 0.717) is 11.8 Å². The number of fused-ring (bicyclic) bond motifs is 2. The second-order valence-electron chi connectivity index (χ2n) is 6.38. The molecular weight excluding hydrogens is 308 g/mol. The zero-order chi connectivity index (χ0) is 15.8. The molecule has 0 saturated carbocycles. The van der Waals surface area contributed by atoms with Gasteiger partial charge in [-0.3, -0.25) is 0 Å². The van der Waals surface area contributed by atoms with E-state index in [-0.39, 0.29) is 0 Å². The van der Waals surface area contributed by atoms with E-state index in [1.54, 1.807) is 17.7 Å². The van der Waals surface area contributed by atoms with E-state index < -0.39 is 0 Å². The third-order valence-electron chi connectivity index (χ3n) is 4.39. The minimum absolute atomic E-state index is 0.413. The third-order valence-corrected chi connectivity index (χ3v) is 5.30. The highest BCUT2D eigenvalue weighted by atomic mass is 32.1. The number of nitrogens with one attached hydrogen (secondary N) is 1. The summed E-state index contributed by atoms with van der Waals surface area (Å²) in [6.07, 6.45) is 3.78. The molecule has 0 fully saturated rings. The molecule has 7 heteroatoms. The van der Waals surface area contributed by atoms with Crippen LogP contribution >= 0.6 is 11.3 Å². The molecule has 6 nitrogen and oxygen atoms in total. The van der Waals surface area contributed by atoms with Crippen LogP contribution in [0.1, 0.15) is 37.8 Å². The summed E-state index contributed by atoms with van der Waals surface area (Å²) in [5.74, 6) is 4.17. The number of nitrogens with zero attached hydrogens (tertiary/aromatic N) is 5. The molecule has 1 aliphatic rings. The molecule has 3 aromatic rings. The molecule has 0 saturated heterocycles. The first-order valence-corrected chi connectivity index (χ1v) is 8.94. The Morgan fingerprint density at radius 1 is 1.35 bits per heavy atom. The van der Waals surface area contributed by atoms with Crippen LogP contribution in [0.5, 0.6) is 0 Å². The van der Waals surface area contributed by atoms with Crippen LogP contribution in [-0.4, -0.2) is 31.3 Å². The minimum atomic E-state index is 0.413. The number of thiophene rings is 1. The summed E-state index contributed by atoms with van der Waals surface area (Å²) >= 11 is 1.68. The number of aryl methyl sites for hydroxylation is 1. The molecule has 1 aliphatic heterocycles. The van der Waals surface area contributed by atoms with E-state index in [1.807, 2.05) is 6.07 Å². The van der Waals surface area contributed by atoms with Crippen LogP contribution in [0.15, 0.2) is 17.8 Å². The Morgan fingerprint density at radius 3 is 3.13 bits per heavy atom. The van der Waals surface area contributed by atoms with Gasteiger partial charge in [-0.05, 0) is 23.8 Å². The van der Waals surface area contributed by atoms with Crippen molar-refractivity contribution in [2.24, 2.45) is 5.92 Å². The maximum Gasteiger partial charge on any atom is 0.147 e. The predicted octanol–water partition coefficient (Wildman–Crippen LogP) is 3.08. The van der Waals surface area contributed by atoms with Crippen molar-refractivity contribution >= 4 is 27.4 Å². The largest absolute Gasteiger partial charge is 0.368 e. The van der Waals surface area contributed by atoms with Gasteiger partial charge < -0.3 is 9.88 Å². The zero-order valence-electron chi connectivity index (χ0n) is 13.4. The fourth-order valence-corrected chi connectivity index (χ4v) is 3.98. The normalized spacial score (nSPS) is 17.6. The lowest BCUT2D eigenvalue weighted by atomic mass is 9.98. The lowest BCUT2D eigenvalue weighted by molar-refractivity contribution is 0.371. The SMILES string of the molecule is CC(C)c1nnc2n1C[C@H](CNc1ncnc3ccsc13)CC2. The first-order chi connectivity index (χ1) is 11.2. The van der Waals surface area contributed by atoms with Gasteiger partial charge in [-0.15, -0.1) is 21.5 Å². The third kappa shape index (κ3) is 2.69. The summed E-state index contributed by atoms with van der Waals surface area (Å²) in [5, 5.41) is 14.3. The fraction of sp³-hybridized carbons (Fsp3) is 0.500. The molecule has 1 atom stereocenters. The average molecular weight is 328 g/mol. The van der Waals surface area contributed by atoms with E-state index in [2.05, 4.69) is 49.3 Å². The highest BCUT2D eigenvalue weighted by molar-refractivity contribution is 7.17. The van der Waals surface area contributed by atoms with Crippen LogP contribution in [0.2, 0.25) is 0 Å². The van der Waals surface area contributed by atoms with Crippen molar-refractivity contribution in [3.63, 3.8) is 0 Å². The minimum Gasteiger partial charge on any atom is -0.368 e. The maximum atomic E-state index is 4.40. The number of anilines is 1. The van der Waals surface area contributed by atoms with Crippen molar-refractivity contribution in [1.82, 2.24) is 24.7 Å². The van der Waals surface area contributed by atoms with Gasteiger partial charge in [-0.25, -0.2) is 9.97 Å². The van der Waals surface area contributed by atoms with Crippen LogP contribution in [0.4, 0.5) is 5.82 Å². The first kappa shape index (κ1) is 14.6. The Balaban J connectivity index is 1.48. The van der Waals surface area contributed by atoms with Crippen LogP contribution in [-0.2, 0) is 13.0 Å². The van der Waals surface area contributed by atoms with Gasteiger partial charge in [0.15, 0.2) is 0 Å². The monoisotopic (exact) mass is 328 g/mol. The standard InChI is InChI=1S/C16H20N6S/c1-10(2)16-21-20-13-4-3-11(8-22(13)16)7-17-15-14-12(5-6-23-14)18-9-19-15/h5-6,9-11H,3-4,7-8H2,1-2H3,(H,17,18,19)/t11-/m0/s1. The highest BCUT2D eigenvalue weighted by Crippen LogP contribution is 2.27. The molecule has 120 valence electrons. The Hall–Kier alpha value is -2.02. The van der Waals surface area contributed by atoms with Crippen LogP contribution in [0, 0.1) is 5.92 Å². The topological polar surface area (TPSA) is 68.5 Å². The molecule has 4 heterocycles. The van der Waals surface area contributed by atoms with Crippen molar-refractivity contribution in [3.05, 3.63) is 29.4 Å². The summed E-state index contributed by atoms with van der Waals surface area (Å²) < 4.78 is 3.44. The lowest BCUT2D eigenvalue weighted by Crippen LogP contribution is -2.27. The zero-order valence-corrected chi connectivity index (χ0v) is 14.2. The molecule has 3 aromatic heterocycles. The van der Waals surface area contributed by atoms with Crippen LogP contribution in [0.25, 0.3) is 10.2 Å². The number of aromatic nitrogens is 5. The van der Waals surface area contributed by atoms with Crippen molar-refractivity contribution in [2.75, 3.05) is 11.9 Å². The van der Waals surface area contributed by atoms with Gasteiger partial charge in [-0.1, -0.05) is 13.8 Å². The predicted molar refractivity (Wildman–Crippen MR) is 91.8 cm³/mol. The second kappa shape index (κ2) is 5.88. The Morgan fingerprint density at radius 2 is 2.26 bits per heavy atom. The molecular formula is C16H20N6S. The van der Waals surface area contributed by atoms with E-state index in [0.717, 1.165) is 53.6 Å². The molecule has 0 aromatic carbocycles. The number of hydrogen-bond acceptors (Lipinski definition) is 6. The van der Waals surface area contributed by atoms with Gasteiger partial charge in [0, 0.05) is 25.4 Å². The maximum absolute atomic E-state index is 4.40. The fourth-order valence-electron chi connectivity index (χ4n) is 3.17. The van der Waals surface area contributed by atoms with Gasteiger partial charge in [0.1, 0.15) is 23.8 Å². The van der Waals surface area contributed by atoms with E-state index >= 15 is 0 Å². The molecule has 0 aliphatic carbocycles. The van der Waals surface area contributed by atoms with Gasteiger partial charge in [0.2, 0.25) is 0 Å². The lowest BCUT2D eigenvalue weighted by Gasteiger charge is -2.25. The van der Waals surface area contributed by atoms with E-state index in [9.17, 15) is 0 Å². The summed E-state index contributed by atoms with van der Waals surface area (Å²) in [6.45, 7) is 6.25. The quantitative estimate of drug-likeness (QED) is 0.797. The molecule has 23 heavy (non-hydrogen) atoms. The molecule has 1 N–H and O–H groups in total. The summed E-state index contributed by atoms with van der Waals surface area (Å²) in [6, 6.07) is 2.03. The van der Waals surface area contributed by atoms with Crippen molar-refractivity contribution in [3.8, 4) is 0 Å². The first-order valence-electron chi connectivity index (χ1n) is 8.06. The molecule has 4 rings (SSSR count). The van der Waals surface area contributed by atoms with Crippen LogP contribution < -0.4 is 5.32 Å². The van der Waals surface area contributed by atoms with Gasteiger partial charge in [-0.2, -0.15) is 0 Å². The summed E-state index contributed by atoms with van der Waals surface area (Å²) in [4.78, 5) is 8.69. The molecule has 0 radical (unpaired) electrons. The van der Waals surface area contributed by atoms with Gasteiger partial charge in [0.25, 0.3) is 0 Å². The second-order valence-corrected chi connectivity index (χ2v) is 7.30. The Labute approximate surface area is 139 Å². The van der Waals surface area contributed by atoms with E-state index in [1.165, 1.54) is 0 Å². The summed E-state index contributed by atoms with van der Waals surface area (Å²) in [5.41, 5.74) is 1.01. The van der Waals surface area contributed by atoms with Crippen molar-refractivity contribution < 1.29 is 0 Å². The number of rotatable bonds is 4. The highest BCUT2D eigenvalue weighted by Gasteiger charge is 2.24. The van der Waals surface area contributed by atoms with Gasteiger partial charge in [0.05, 0.1) is 10.2 Å². The van der Waals surface area contributed by atoms with E-state index in [4.69, 9.17) is 0 Å². The van der Waals surface area contributed by atoms with Crippen LogP contribution in [0.3, 0.4) is 0 Å². The Kier molecular flexibility index (Phi) is 3.72. The Bertz CT molecular complexity index is 821. The number of hydrogen-bond donors (Lipinski definition) is 1. The van der Waals surface area contributed by atoms with Gasteiger partial charge >= 0.3 is 0 Å². The molecule has 0 amide bonds.